The molecule has 1 atom stereocenters. The second-order valence-electron chi connectivity index (χ2n) is 5.11. The molecule has 0 aliphatic carbocycles. The number of hydrogen-bond acceptors (Lipinski definition) is 5. The number of nitrogens with one attached hydrogen (secondary N) is 1. The van der Waals surface area contributed by atoms with Gasteiger partial charge in [-0.2, -0.15) is 0 Å². The van der Waals surface area contributed by atoms with Gasteiger partial charge in [-0.3, -0.25) is 4.79 Å². The summed E-state index contributed by atoms with van der Waals surface area (Å²) in [5.74, 6) is 1.02. The van der Waals surface area contributed by atoms with Crippen LogP contribution in [-0.2, 0) is 11.2 Å². The molecule has 6 heteroatoms. The summed E-state index contributed by atoms with van der Waals surface area (Å²) >= 11 is 3.14. The van der Waals surface area contributed by atoms with Gasteiger partial charge in [0.05, 0.1) is 0 Å². The van der Waals surface area contributed by atoms with Crippen LogP contribution in [0.5, 0.6) is 0 Å². The van der Waals surface area contributed by atoms with Gasteiger partial charge in [0.15, 0.2) is 4.34 Å². The van der Waals surface area contributed by atoms with Crippen molar-refractivity contribution in [1.29, 1.82) is 0 Å². The van der Waals surface area contributed by atoms with Crippen molar-refractivity contribution in [2.75, 3.05) is 11.1 Å². The van der Waals surface area contributed by atoms with Crippen LogP contribution in [0.3, 0.4) is 0 Å². The second-order valence-corrected chi connectivity index (χ2v) is 7.43. The third-order valence-electron chi connectivity index (χ3n) is 3.37. The summed E-state index contributed by atoms with van der Waals surface area (Å²) in [5, 5.41) is 11.6. The molecule has 1 aromatic carbocycles. The van der Waals surface area contributed by atoms with E-state index in [1.807, 2.05) is 19.9 Å². The van der Waals surface area contributed by atoms with Crippen molar-refractivity contribution in [3.8, 4) is 0 Å². The standard InChI is InChI=1S/C16H21N3OS2/c1-3-12(2)14(20)17-15-18-19-16(22-15)21-11-7-10-13-8-5-4-6-9-13/h4-6,8-9,12H,3,7,10-11H2,1-2H3,(H,17,18,20). The van der Waals surface area contributed by atoms with Crippen molar-refractivity contribution in [1.82, 2.24) is 10.2 Å². The van der Waals surface area contributed by atoms with Crippen molar-refractivity contribution >= 4 is 34.1 Å². The van der Waals surface area contributed by atoms with Gasteiger partial charge in [0.25, 0.3) is 0 Å². The normalized spacial score (nSPS) is 12.1. The fourth-order valence-electron chi connectivity index (χ4n) is 1.81. The number of carbonyl (C=O) groups is 1. The first-order valence-electron chi connectivity index (χ1n) is 7.50. The predicted octanol–water partition coefficient (Wildman–Crippen LogP) is 4.25. The molecule has 0 spiro atoms. The third-order valence-corrected chi connectivity index (χ3v) is 5.43. The Balaban J connectivity index is 1.72. The van der Waals surface area contributed by atoms with Gasteiger partial charge in [-0.25, -0.2) is 0 Å². The first-order valence-corrected chi connectivity index (χ1v) is 9.30. The predicted molar refractivity (Wildman–Crippen MR) is 93.5 cm³/mol. The molecule has 1 aromatic heterocycles. The van der Waals surface area contributed by atoms with E-state index < -0.39 is 0 Å². The number of benzene rings is 1. The topological polar surface area (TPSA) is 54.9 Å². The van der Waals surface area contributed by atoms with Crippen LogP contribution in [0.2, 0.25) is 0 Å². The summed E-state index contributed by atoms with van der Waals surface area (Å²) in [4.78, 5) is 11.8. The minimum Gasteiger partial charge on any atom is -0.300 e. The maximum Gasteiger partial charge on any atom is 0.229 e. The minimum atomic E-state index is 0.00544. The van der Waals surface area contributed by atoms with Crippen LogP contribution in [0, 0.1) is 5.92 Å². The number of thioether (sulfide) groups is 1. The summed E-state index contributed by atoms with van der Waals surface area (Å²) in [5.41, 5.74) is 1.36. The zero-order valence-electron chi connectivity index (χ0n) is 12.9. The molecule has 2 rings (SSSR count). The average Bonchev–Trinajstić information content (AvgIpc) is 2.99. The van der Waals surface area contributed by atoms with Crippen molar-refractivity contribution in [2.45, 2.75) is 37.4 Å². The average molecular weight is 335 g/mol. The molecule has 0 fully saturated rings. The SMILES string of the molecule is CCC(C)C(=O)Nc1nnc(SCCCc2ccccc2)s1. The largest absolute Gasteiger partial charge is 0.300 e. The van der Waals surface area contributed by atoms with E-state index in [2.05, 4.69) is 39.8 Å². The molecular weight excluding hydrogens is 314 g/mol. The van der Waals surface area contributed by atoms with E-state index in [9.17, 15) is 4.79 Å². The lowest BCUT2D eigenvalue weighted by Crippen LogP contribution is -2.19. The summed E-state index contributed by atoms with van der Waals surface area (Å²) in [7, 11) is 0. The molecule has 2 aromatic rings. The molecular formula is C16H21N3OS2. The number of hydrogen-bond donors (Lipinski definition) is 1. The molecule has 22 heavy (non-hydrogen) atoms. The Morgan fingerprint density at radius 2 is 2.09 bits per heavy atom. The Morgan fingerprint density at radius 1 is 1.32 bits per heavy atom. The molecule has 0 saturated heterocycles. The van der Waals surface area contributed by atoms with E-state index in [0.29, 0.717) is 5.13 Å². The molecule has 0 radical (unpaired) electrons. The Labute approximate surface area is 139 Å². The van der Waals surface area contributed by atoms with Gasteiger partial charge >= 0.3 is 0 Å². The maximum absolute atomic E-state index is 11.8. The van der Waals surface area contributed by atoms with Crippen LogP contribution < -0.4 is 5.32 Å². The number of amides is 1. The molecule has 0 aliphatic rings. The molecule has 0 bridgehead atoms. The highest BCUT2D eigenvalue weighted by Crippen LogP contribution is 2.26. The molecule has 1 unspecified atom stereocenters. The highest BCUT2D eigenvalue weighted by atomic mass is 32.2. The van der Waals surface area contributed by atoms with Crippen LogP contribution in [0.25, 0.3) is 0 Å². The molecule has 4 nitrogen and oxygen atoms in total. The van der Waals surface area contributed by atoms with Crippen molar-refractivity contribution in [2.24, 2.45) is 5.92 Å². The summed E-state index contributed by atoms with van der Waals surface area (Å²) in [6.45, 7) is 3.91. The van der Waals surface area contributed by atoms with Gasteiger partial charge in [-0.1, -0.05) is 67.3 Å². The smallest absolute Gasteiger partial charge is 0.229 e. The zero-order valence-corrected chi connectivity index (χ0v) is 14.5. The quantitative estimate of drug-likeness (QED) is 0.445. The number of carbonyl (C=O) groups excluding carboxylic acids is 1. The monoisotopic (exact) mass is 335 g/mol. The number of anilines is 1. The molecule has 0 saturated carbocycles. The van der Waals surface area contributed by atoms with Crippen LogP contribution in [-0.4, -0.2) is 21.9 Å². The van der Waals surface area contributed by atoms with E-state index in [1.165, 1.54) is 16.9 Å². The lowest BCUT2D eigenvalue weighted by Gasteiger charge is -2.06. The highest BCUT2D eigenvalue weighted by molar-refractivity contribution is 8.01. The van der Waals surface area contributed by atoms with E-state index in [-0.39, 0.29) is 11.8 Å². The van der Waals surface area contributed by atoms with Gasteiger partial charge in [0, 0.05) is 11.7 Å². The summed E-state index contributed by atoms with van der Waals surface area (Å²) < 4.78 is 0.910. The molecule has 0 aliphatic heterocycles. The van der Waals surface area contributed by atoms with E-state index in [0.717, 1.165) is 29.4 Å². The summed E-state index contributed by atoms with van der Waals surface area (Å²) in [6, 6.07) is 10.5. The minimum absolute atomic E-state index is 0.00544. The van der Waals surface area contributed by atoms with E-state index >= 15 is 0 Å². The lowest BCUT2D eigenvalue weighted by atomic mass is 10.1. The van der Waals surface area contributed by atoms with Gasteiger partial charge in [-0.05, 0) is 24.8 Å². The Morgan fingerprint density at radius 3 is 2.82 bits per heavy atom. The Bertz CT molecular complexity index is 586. The van der Waals surface area contributed by atoms with Crippen LogP contribution in [0.15, 0.2) is 34.7 Å². The van der Waals surface area contributed by atoms with Gasteiger partial charge in [-0.15, -0.1) is 10.2 Å². The lowest BCUT2D eigenvalue weighted by molar-refractivity contribution is -0.119. The Hall–Kier alpha value is -1.40. The Kier molecular flexibility index (Phi) is 6.86. The third kappa shape index (κ3) is 5.42. The first kappa shape index (κ1) is 17.0. The fourth-order valence-corrected chi connectivity index (χ4v) is 3.58. The number of aryl methyl sites for hydroxylation is 1. The van der Waals surface area contributed by atoms with E-state index in [1.54, 1.807) is 11.8 Å². The van der Waals surface area contributed by atoms with Crippen LogP contribution in [0.1, 0.15) is 32.3 Å². The van der Waals surface area contributed by atoms with Crippen LogP contribution in [0.4, 0.5) is 5.13 Å². The maximum atomic E-state index is 11.8. The number of nitrogens with zero attached hydrogens (tertiary/aromatic N) is 2. The van der Waals surface area contributed by atoms with Gasteiger partial charge in [0.2, 0.25) is 11.0 Å². The van der Waals surface area contributed by atoms with Crippen molar-refractivity contribution < 1.29 is 4.79 Å². The zero-order chi connectivity index (χ0) is 15.8. The molecule has 1 heterocycles. The number of rotatable bonds is 8. The number of aromatic nitrogens is 2. The molecule has 1 N–H and O–H groups in total. The first-order chi connectivity index (χ1) is 10.7. The van der Waals surface area contributed by atoms with Crippen LogP contribution >= 0.6 is 23.1 Å². The highest BCUT2D eigenvalue weighted by Gasteiger charge is 2.13. The van der Waals surface area contributed by atoms with Gasteiger partial charge < -0.3 is 5.32 Å². The van der Waals surface area contributed by atoms with Crippen molar-refractivity contribution in [3.05, 3.63) is 35.9 Å². The molecule has 118 valence electrons. The second kappa shape index (κ2) is 8.90. The van der Waals surface area contributed by atoms with E-state index in [4.69, 9.17) is 0 Å². The van der Waals surface area contributed by atoms with Crippen molar-refractivity contribution in [3.63, 3.8) is 0 Å². The summed E-state index contributed by atoms with van der Waals surface area (Å²) in [6.07, 6.45) is 3.00. The molecule has 1 amide bonds. The van der Waals surface area contributed by atoms with Gasteiger partial charge in [0.1, 0.15) is 0 Å². The fraction of sp³-hybridized carbons (Fsp3) is 0.438.